The topological polar surface area (TPSA) is 35.5 Å². The maximum atomic E-state index is 11.6. The molecule has 3 nitrogen and oxygen atoms in total. The van der Waals surface area contributed by atoms with Crippen LogP contribution >= 0.6 is 11.3 Å². The summed E-state index contributed by atoms with van der Waals surface area (Å²) in [6.45, 7) is 11.2. The van der Waals surface area contributed by atoms with E-state index in [0.717, 1.165) is 12.8 Å². The molecule has 1 atom stereocenters. The minimum atomic E-state index is -2.68. The van der Waals surface area contributed by atoms with E-state index in [9.17, 15) is 4.79 Å². The average molecular weight is 519 g/mol. The van der Waals surface area contributed by atoms with E-state index in [2.05, 4.69) is 106 Å². The summed E-state index contributed by atoms with van der Waals surface area (Å²) < 4.78 is 12.4. The van der Waals surface area contributed by atoms with Crippen molar-refractivity contribution in [2.75, 3.05) is 6.61 Å². The van der Waals surface area contributed by atoms with Crippen LogP contribution in [-0.2, 0) is 14.0 Å². The Hall–Kier alpha value is -2.73. The lowest BCUT2D eigenvalue weighted by Gasteiger charge is -2.45. The summed E-state index contributed by atoms with van der Waals surface area (Å²) in [6, 6.07) is 25.9. The molecule has 0 saturated carbocycles. The van der Waals surface area contributed by atoms with Crippen molar-refractivity contribution in [1.82, 2.24) is 0 Å². The Morgan fingerprint density at radius 2 is 1.58 bits per heavy atom. The van der Waals surface area contributed by atoms with Crippen LogP contribution in [0.2, 0.25) is 5.04 Å². The van der Waals surface area contributed by atoms with E-state index >= 15 is 0 Å². The third-order valence-electron chi connectivity index (χ3n) is 6.30. The van der Waals surface area contributed by atoms with Crippen LogP contribution in [0.1, 0.15) is 58.4 Å². The molecular weight excluding hydrogens is 480 g/mol. The van der Waals surface area contributed by atoms with Gasteiger partial charge in [-0.3, -0.25) is 0 Å². The molecule has 0 aliphatic rings. The predicted octanol–water partition coefficient (Wildman–Crippen LogP) is 7.21. The maximum Gasteiger partial charge on any atom is 0.330 e. The molecule has 0 aliphatic carbocycles. The average Bonchev–Trinajstić information content (AvgIpc) is 3.40. The van der Waals surface area contributed by atoms with Gasteiger partial charge in [-0.25, -0.2) is 4.79 Å². The lowest BCUT2D eigenvalue weighted by molar-refractivity contribution is -0.137. The summed E-state index contributed by atoms with van der Waals surface area (Å²) in [5.41, 5.74) is 1.20. The van der Waals surface area contributed by atoms with Gasteiger partial charge in [0.05, 0.1) is 12.7 Å². The largest absolute Gasteiger partial charge is 0.463 e. The second-order valence-electron chi connectivity index (χ2n) is 9.95. The van der Waals surface area contributed by atoms with Gasteiger partial charge in [0.1, 0.15) is 0 Å². The fourth-order valence-corrected chi connectivity index (χ4v) is 10.1. The first-order chi connectivity index (χ1) is 17.3. The van der Waals surface area contributed by atoms with Crippen molar-refractivity contribution in [3.63, 3.8) is 0 Å². The number of esters is 1. The monoisotopic (exact) mass is 518 g/mol. The number of hydrogen-bond acceptors (Lipinski definition) is 4. The Labute approximate surface area is 221 Å². The highest BCUT2D eigenvalue weighted by atomic mass is 32.1. The summed E-state index contributed by atoms with van der Waals surface area (Å²) in [4.78, 5) is 12.9. The number of hydrogen-bond donors (Lipinski definition) is 0. The van der Waals surface area contributed by atoms with E-state index in [4.69, 9.17) is 9.16 Å². The van der Waals surface area contributed by atoms with Crippen molar-refractivity contribution >= 4 is 36.0 Å². The lowest BCUT2D eigenvalue weighted by Crippen LogP contribution is -2.66. The van der Waals surface area contributed by atoms with E-state index in [1.165, 1.54) is 26.9 Å². The minimum Gasteiger partial charge on any atom is -0.463 e. The number of allylic oxidation sites excluding steroid dienone is 3. The lowest BCUT2D eigenvalue weighted by atomic mass is 10.1. The highest BCUT2D eigenvalue weighted by molar-refractivity contribution is 7.10. The number of benzene rings is 2. The fourth-order valence-electron chi connectivity index (χ4n) is 4.56. The molecule has 36 heavy (non-hydrogen) atoms. The van der Waals surface area contributed by atoms with Crippen molar-refractivity contribution in [3.05, 3.63) is 107 Å². The van der Waals surface area contributed by atoms with E-state index in [-0.39, 0.29) is 17.1 Å². The van der Waals surface area contributed by atoms with Gasteiger partial charge in [-0.15, -0.1) is 11.3 Å². The third kappa shape index (κ3) is 6.93. The summed E-state index contributed by atoms with van der Waals surface area (Å²) in [6.07, 6.45) is 6.94. The first kappa shape index (κ1) is 27.8. The molecule has 1 unspecified atom stereocenters. The summed E-state index contributed by atoms with van der Waals surface area (Å²) >= 11 is 1.75. The second kappa shape index (κ2) is 13.0. The summed E-state index contributed by atoms with van der Waals surface area (Å²) in [5, 5.41) is 4.62. The molecule has 3 aromatic rings. The highest BCUT2D eigenvalue weighted by Gasteiger charge is 2.51. The van der Waals surface area contributed by atoms with Gasteiger partial charge in [0.2, 0.25) is 0 Å². The molecule has 1 heterocycles. The number of thiophene rings is 1. The van der Waals surface area contributed by atoms with Crippen molar-refractivity contribution in [1.29, 1.82) is 0 Å². The van der Waals surface area contributed by atoms with Crippen LogP contribution < -0.4 is 10.4 Å². The predicted molar refractivity (Wildman–Crippen MR) is 155 cm³/mol. The van der Waals surface area contributed by atoms with Crippen LogP contribution in [0.3, 0.4) is 0 Å². The zero-order chi connectivity index (χ0) is 26.0. The Morgan fingerprint density at radius 3 is 2.08 bits per heavy atom. The fraction of sp³-hybridized carbons (Fsp3) is 0.323. The van der Waals surface area contributed by atoms with E-state index in [1.807, 2.05) is 13.0 Å². The van der Waals surface area contributed by atoms with Crippen LogP contribution in [0.15, 0.2) is 102 Å². The van der Waals surface area contributed by atoms with Crippen LogP contribution in [0.5, 0.6) is 0 Å². The highest BCUT2D eigenvalue weighted by Crippen LogP contribution is 2.41. The van der Waals surface area contributed by atoms with E-state index in [1.54, 1.807) is 17.4 Å². The zero-order valence-corrected chi connectivity index (χ0v) is 23.9. The molecule has 0 spiro atoms. The Bertz CT molecular complexity index is 1090. The van der Waals surface area contributed by atoms with Gasteiger partial charge in [-0.1, -0.05) is 105 Å². The van der Waals surface area contributed by atoms with Crippen LogP contribution in [0, 0.1) is 0 Å². The zero-order valence-electron chi connectivity index (χ0n) is 22.1. The molecule has 190 valence electrons. The van der Waals surface area contributed by atoms with Gasteiger partial charge in [0, 0.05) is 11.0 Å². The summed E-state index contributed by atoms with van der Waals surface area (Å²) in [7, 11) is -2.68. The quantitative estimate of drug-likeness (QED) is 0.116. The Balaban J connectivity index is 1.97. The Morgan fingerprint density at radius 1 is 0.972 bits per heavy atom. The molecule has 0 aliphatic heterocycles. The molecule has 0 radical (unpaired) electrons. The van der Waals surface area contributed by atoms with E-state index in [0.29, 0.717) is 6.61 Å². The van der Waals surface area contributed by atoms with E-state index < -0.39 is 8.32 Å². The maximum absolute atomic E-state index is 11.6. The van der Waals surface area contributed by atoms with Crippen LogP contribution in [0.4, 0.5) is 0 Å². The first-order valence-corrected chi connectivity index (χ1v) is 15.4. The van der Waals surface area contributed by atoms with Crippen molar-refractivity contribution in [2.24, 2.45) is 0 Å². The minimum absolute atomic E-state index is 0.0336. The molecule has 0 amide bonds. The summed E-state index contributed by atoms with van der Waals surface area (Å²) in [5.74, 6) is -0.312. The smallest absolute Gasteiger partial charge is 0.330 e. The standard InChI is InChI=1S/C31H38O3SSi/c1-6-33-30(32)21-13-15-25(2)22-23-28(29-20-14-24-35-29)34-36(31(3,4)5,26-16-9-7-10-17-26)27-18-11-8-12-19-27/h7-21,24,28H,6,22-23H2,1-5H3/b21-13+,25-15+. The van der Waals surface area contributed by atoms with Gasteiger partial charge in [-0.05, 0) is 53.5 Å². The molecule has 0 N–H and O–H groups in total. The van der Waals surface area contributed by atoms with Gasteiger partial charge >= 0.3 is 5.97 Å². The van der Waals surface area contributed by atoms with Crippen molar-refractivity contribution in [2.45, 2.75) is 58.6 Å². The number of carbonyl (C=O) groups is 1. The molecule has 0 fully saturated rings. The molecule has 0 saturated heterocycles. The van der Waals surface area contributed by atoms with Gasteiger partial charge in [0.25, 0.3) is 8.32 Å². The number of carbonyl (C=O) groups excluding carboxylic acids is 1. The molecule has 1 aromatic heterocycles. The Kier molecular flexibility index (Phi) is 10.1. The van der Waals surface area contributed by atoms with Crippen LogP contribution in [-0.4, -0.2) is 20.9 Å². The SMILES string of the molecule is CCOC(=O)/C=C/C=C(\C)CCC(O[Si](c1ccccc1)(c1ccccc1)C(C)(C)C)c1cccs1. The molecule has 5 heteroatoms. The van der Waals surface area contributed by atoms with Gasteiger partial charge in [-0.2, -0.15) is 0 Å². The third-order valence-corrected chi connectivity index (χ3v) is 12.3. The molecule has 0 bridgehead atoms. The number of ether oxygens (including phenoxy) is 1. The van der Waals surface area contributed by atoms with Gasteiger partial charge in [0.15, 0.2) is 0 Å². The first-order valence-electron chi connectivity index (χ1n) is 12.6. The van der Waals surface area contributed by atoms with Crippen molar-refractivity contribution < 1.29 is 14.0 Å². The molecular formula is C31H38O3SSi. The van der Waals surface area contributed by atoms with Crippen LogP contribution in [0.25, 0.3) is 0 Å². The molecule has 2 aromatic carbocycles. The second-order valence-corrected chi connectivity index (χ2v) is 15.2. The number of rotatable bonds is 11. The van der Waals surface area contributed by atoms with Crippen molar-refractivity contribution in [3.8, 4) is 0 Å². The normalized spacial score (nSPS) is 13.6. The molecule has 3 rings (SSSR count). The van der Waals surface area contributed by atoms with Gasteiger partial charge < -0.3 is 9.16 Å².